The van der Waals surface area contributed by atoms with E-state index in [9.17, 15) is 9.46 Å². The first-order chi connectivity index (χ1) is 5.79. The summed E-state index contributed by atoms with van der Waals surface area (Å²) < 4.78 is 14.2. The van der Waals surface area contributed by atoms with E-state index in [4.69, 9.17) is 0 Å². The van der Waals surface area contributed by atoms with Gasteiger partial charge in [0.05, 0.1) is 0 Å². The first-order valence-corrected chi connectivity index (χ1v) is 4.41. The average Bonchev–Trinajstić information content (AvgIpc) is 2.05. The Morgan fingerprint density at radius 1 is 1.31 bits per heavy atom. The van der Waals surface area contributed by atoms with Gasteiger partial charge in [0.2, 0.25) is 0 Å². The standard InChI is InChI=1S/C8H7O3P.Na/c9-12(10)11-7-6-8-4-2-1-3-5-8;/h1-7H;/q;+1. The Balaban J connectivity index is 0.00000144. The normalized spacial score (nSPS) is 10.7. The van der Waals surface area contributed by atoms with Crippen molar-refractivity contribution in [3.8, 4) is 0 Å². The predicted octanol–water partition coefficient (Wildman–Crippen LogP) is -1.30. The Morgan fingerprint density at radius 2 is 1.92 bits per heavy atom. The molecule has 1 atom stereocenters. The third-order valence-corrected chi connectivity index (χ3v) is 1.50. The Morgan fingerprint density at radius 3 is 2.46 bits per heavy atom. The summed E-state index contributed by atoms with van der Waals surface area (Å²) >= 11 is 0. The van der Waals surface area contributed by atoms with Crippen molar-refractivity contribution in [2.24, 2.45) is 0 Å². The molecular formula is C8H7NaO3P+. The molecular weight excluding hydrogens is 198 g/mol. The molecule has 0 saturated heterocycles. The number of hydrogen-bond donors (Lipinski definition) is 0. The number of benzene rings is 1. The zero-order chi connectivity index (χ0) is 8.81. The van der Waals surface area contributed by atoms with Gasteiger partial charge in [0, 0.05) is 0 Å². The van der Waals surface area contributed by atoms with E-state index >= 15 is 0 Å². The minimum absolute atomic E-state index is 0. The van der Waals surface area contributed by atoms with E-state index in [1.165, 1.54) is 0 Å². The summed E-state index contributed by atoms with van der Waals surface area (Å²) in [7, 11) is -2.78. The smallest absolute Gasteiger partial charge is 0.558 e. The van der Waals surface area contributed by atoms with Gasteiger partial charge in [-0.05, 0) is 16.2 Å². The SMILES string of the molecule is O=[P+]([O-])OC=Cc1ccccc1.[Na+]. The zero-order valence-electron chi connectivity index (χ0n) is 7.21. The molecule has 1 aromatic rings. The number of hydrogen-bond acceptors (Lipinski definition) is 3. The number of rotatable bonds is 3. The van der Waals surface area contributed by atoms with Crippen LogP contribution in [-0.2, 0) is 9.09 Å². The van der Waals surface area contributed by atoms with Crippen LogP contribution in [0.3, 0.4) is 0 Å². The first-order valence-electron chi connectivity index (χ1n) is 3.32. The maximum atomic E-state index is 9.95. The zero-order valence-corrected chi connectivity index (χ0v) is 10.1. The Labute approximate surface area is 99.7 Å². The maximum absolute atomic E-state index is 9.95. The van der Waals surface area contributed by atoms with Crippen molar-refractivity contribution in [3.05, 3.63) is 42.2 Å². The van der Waals surface area contributed by atoms with Crippen molar-refractivity contribution in [3.63, 3.8) is 0 Å². The molecule has 1 rings (SSSR count). The van der Waals surface area contributed by atoms with Crippen LogP contribution in [0.25, 0.3) is 6.08 Å². The molecule has 0 aliphatic heterocycles. The van der Waals surface area contributed by atoms with Gasteiger partial charge in [0.15, 0.2) is 6.26 Å². The van der Waals surface area contributed by atoms with Crippen LogP contribution < -0.4 is 34.5 Å². The summed E-state index contributed by atoms with van der Waals surface area (Å²) in [6.45, 7) is 0. The van der Waals surface area contributed by atoms with Crippen molar-refractivity contribution in [1.29, 1.82) is 0 Å². The van der Waals surface area contributed by atoms with Gasteiger partial charge >= 0.3 is 37.8 Å². The quantitative estimate of drug-likeness (QED) is 0.350. The maximum Gasteiger partial charge on any atom is 1.00 e. The Bertz CT molecular complexity index is 287. The molecule has 0 heterocycles. The molecule has 0 aliphatic carbocycles. The third-order valence-electron chi connectivity index (χ3n) is 1.21. The van der Waals surface area contributed by atoms with Crippen molar-refractivity contribution < 1.29 is 43.5 Å². The monoisotopic (exact) mass is 205 g/mol. The van der Waals surface area contributed by atoms with Gasteiger partial charge in [-0.15, -0.1) is 0 Å². The van der Waals surface area contributed by atoms with E-state index in [0.29, 0.717) is 0 Å². The van der Waals surface area contributed by atoms with E-state index < -0.39 is 8.25 Å². The summed E-state index contributed by atoms with van der Waals surface area (Å²) in [6, 6.07) is 9.29. The van der Waals surface area contributed by atoms with Crippen molar-refractivity contribution >= 4 is 14.3 Å². The summed E-state index contributed by atoms with van der Waals surface area (Å²) in [5.74, 6) is 0. The molecule has 0 fully saturated rings. The van der Waals surface area contributed by atoms with Crippen LogP contribution in [0.15, 0.2) is 36.6 Å². The van der Waals surface area contributed by atoms with Crippen LogP contribution in [0.5, 0.6) is 0 Å². The molecule has 0 aromatic heterocycles. The van der Waals surface area contributed by atoms with Crippen LogP contribution in [0.4, 0.5) is 0 Å². The fourth-order valence-electron chi connectivity index (χ4n) is 0.723. The van der Waals surface area contributed by atoms with Gasteiger partial charge in [0.1, 0.15) is 0 Å². The fraction of sp³-hybridized carbons (Fsp3) is 0. The van der Waals surface area contributed by atoms with Crippen molar-refractivity contribution in [2.75, 3.05) is 0 Å². The van der Waals surface area contributed by atoms with Gasteiger partial charge < -0.3 is 4.89 Å². The molecule has 5 heteroatoms. The topological polar surface area (TPSA) is 49.4 Å². The summed E-state index contributed by atoms with van der Waals surface area (Å²) in [4.78, 5) is 9.95. The van der Waals surface area contributed by atoms with Gasteiger partial charge in [-0.2, -0.15) is 0 Å². The minimum atomic E-state index is -2.78. The predicted molar refractivity (Wildman–Crippen MR) is 44.2 cm³/mol. The van der Waals surface area contributed by atoms with Gasteiger partial charge in [-0.1, -0.05) is 30.3 Å². The van der Waals surface area contributed by atoms with Crippen LogP contribution in [0.2, 0.25) is 0 Å². The summed E-state index contributed by atoms with van der Waals surface area (Å²) in [6.07, 6.45) is 2.71. The molecule has 3 nitrogen and oxygen atoms in total. The second-order valence-corrected chi connectivity index (χ2v) is 2.70. The molecule has 1 unspecified atom stereocenters. The van der Waals surface area contributed by atoms with Crippen LogP contribution in [0, 0.1) is 0 Å². The molecule has 0 N–H and O–H groups in total. The van der Waals surface area contributed by atoms with Crippen molar-refractivity contribution in [1.82, 2.24) is 0 Å². The first kappa shape index (κ1) is 12.8. The molecule has 0 spiro atoms. The molecule has 0 amide bonds. The van der Waals surface area contributed by atoms with Gasteiger partial charge in [-0.3, -0.25) is 4.52 Å². The van der Waals surface area contributed by atoms with E-state index in [1.54, 1.807) is 6.08 Å². The Kier molecular flexibility index (Phi) is 7.14. The molecule has 0 radical (unpaired) electrons. The van der Waals surface area contributed by atoms with Crippen LogP contribution in [0.1, 0.15) is 5.56 Å². The van der Waals surface area contributed by atoms with Crippen molar-refractivity contribution in [2.45, 2.75) is 0 Å². The van der Waals surface area contributed by atoms with Gasteiger partial charge in [0.25, 0.3) is 0 Å². The molecule has 62 valence electrons. The molecule has 0 saturated carbocycles. The second kappa shape index (κ2) is 7.25. The third kappa shape index (κ3) is 5.97. The summed E-state index contributed by atoms with van der Waals surface area (Å²) in [5, 5.41) is 0. The largest absolute Gasteiger partial charge is 1.00 e. The minimum Gasteiger partial charge on any atom is -0.558 e. The molecule has 1 aromatic carbocycles. The molecule has 0 bridgehead atoms. The summed E-state index contributed by atoms with van der Waals surface area (Å²) in [5.41, 5.74) is 0.898. The Hall–Kier alpha value is -0.180. The second-order valence-electron chi connectivity index (χ2n) is 2.04. The van der Waals surface area contributed by atoms with E-state index in [1.807, 2.05) is 30.3 Å². The van der Waals surface area contributed by atoms with E-state index in [2.05, 4.69) is 4.52 Å². The van der Waals surface area contributed by atoms with Crippen LogP contribution >= 0.6 is 8.25 Å². The van der Waals surface area contributed by atoms with Gasteiger partial charge in [-0.25, -0.2) is 0 Å². The molecule has 0 aliphatic rings. The molecule has 13 heavy (non-hydrogen) atoms. The van der Waals surface area contributed by atoms with E-state index in [-0.39, 0.29) is 29.6 Å². The van der Waals surface area contributed by atoms with Crippen LogP contribution in [-0.4, -0.2) is 0 Å². The fourth-order valence-corrected chi connectivity index (χ4v) is 0.883. The average molecular weight is 205 g/mol. The van der Waals surface area contributed by atoms with E-state index in [0.717, 1.165) is 11.8 Å².